The fraction of sp³-hybridized carbons (Fsp3) is 0.571. The number of hydrogen-bond donors (Lipinski definition) is 1. The van der Waals surface area contributed by atoms with E-state index >= 15 is 0 Å². The highest BCUT2D eigenvalue weighted by molar-refractivity contribution is 9.10. The molecule has 0 aliphatic carbocycles. The fourth-order valence-corrected chi connectivity index (χ4v) is 2.96. The van der Waals surface area contributed by atoms with Crippen molar-refractivity contribution in [1.29, 1.82) is 0 Å². The van der Waals surface area contributed by atoms with E-state index in [0.29, 0.717) is 12.5 Å². The molecular weight excluding hydrogens is 294 g/mol. The van der Waals surface area contributed by atoms with Gasteiger partial charge in [0.25, 0.3) is 0 Å². The van der Waals surface area contributed by atoms with E-state index in [0.717, 1.165) is 36.3 Å². The molecule has 3 nitrogen and oxygen atoms in total. The van der Waals surface area contributed by atoms with Crippen LogP contribution in [0.4, 0.5) is 0 Å². The summed E-state index contributed by atoms with van der Waals surface area (Å²) >= 11 is 3.50. The summed E-state index contributed by atoms with van der Waals surface area (Å²) in [7, 11) is 1.71. The zero-order chi connectivity index (χ0) is 13.0. The Morgan fingerprint density at radius 1 is 1.50 bits per heavy atom. The molecule has 1 unspecified atom stereocenters. The molecule has 0 spiro atoms. The number of rotatable bonds is 4. The van der Waals surface area contributed by atoms with E-state index in [1.807, 2.05) is 12.1 Å². The minimum absolute atomic E-state index is 0.298. The van der Waals surface area contributed by atoms with Crippen molar-refractivity contribution in [2.75, 3.05) is 26.8 Å². The van der Waals surface area contributed by atoms with Gasteiger partial charge >= 0.3 is 0 Å². The minimum Gasteiger partial charge on any atom is -0.496 e. The summed E-state index contributed by atoms with van der Waals surface area (Å²) in [6.07, 6.45) is 2.31. The number of aliphatic hydroxyl groups excluding tert-OH is 1. The van der Waals surface area contributed by atoms with Gasteiger partial charge in [0, 0.05) is 29.7 Å². The molecule has 2 rings (SSSR count). The molecule has 4 heteroatoms. The first-order valence-corrected chi connectivity index (χ1v) is 7.18. The van der Waals surface area contributed by atoms with Crippen LogP contribution < -0.4 is 4.74 Å². The third kappa shape index (κ3) is 3.46. The van der Waals surface area contributed by atoms with Gasteiger partial charge in [-0.05, 0) is 43.5 Å². The number of aliphatic hydroxyl groups is 1. The first-order chi connectivity index (χ1) is 8.72. The molecule has 0 aromatic heterocycles. The summed E-state index contributed by atoms with van der Waals surface area (Å²) in [6.45, 7) is 3.27. The molecule has 1 aromatic rings. The maximum atomic E-state index is 9.26. The number of methoxy groups -OCH3 is 1. The molecule has 1 aromatic carbocycles. The minimum atomic E-state index is 0.298. The molecule has 1 aliphatic heterocycles. The normalized spacial score (nSPS) is 20.9. The van der Waals surface area contributed by atoms with Crippen molar-refractivity contribution < 1.29 is 9.84 Å². The van der Waals surface area contributed by atoms with Gasteiger partial charge in [0.2, 0.25) is 0 Å². The topological polar surface area (TPSA) is 32.7 Å². The second-order valence-corrected chi connectivity index (χ2v) is 5.80. The molecule has 1 heterocycles. The maximum Gasteiger partial charge on any atom is 0.123 e. The van der Waals surface area contributed by atoms with Gasteiger partial charge < -0.3 is 9.84 Å². The second-order valence-electron chi connectivity index (χ2n) is 4.88. The quantitative estimate of drug-likeness (QED) is 0.927. The van der Waals surface area contributed by atoms with Crippen LogP contribution in [0.15, 0.2) is 22.7 Å². The third-order valence-electron chi connectivity index (χ3n) is 3.50. The van der Waals surface area contributed by atoms with E-state index in [9.17, 15) is 5.11 Å². The Kier molecular flexibility index (Phi) is 5.03. The Balaban J connectivity index is 2.06. The molecule has 0 bridgehead atoms. The maximum absolute atomic E-state index is 9.26. The molecule has 1 N–H and O–H groups in total. The van der Waals surface area contributed by atoms with Crippen LogP contribution in [0.2, 0.25) is 0 Å². The lowest BCUT2D eigenvalue weighted by Gasteiger charge is -2.32. The van der Waals surface area contributed by atoms with E-state index in [1.54, 1.807) is 7.11 Å². The average Bonchev–Trinajstić information content (AvgIpc) is 2.39. The van der Waals surface area contributed by atoms with Gasteiger partial charge in [-0.15, -0.1) is 0 Å². The molecule has 1 aliphatic rings. The molecule has 0 amide bonds. The first kappa shape index (κ1) is 13.8. The Labute approximate surface area is 117 Å². The zero-order valence-corrected chi connectivity index (χ0v) is 12.3. The Bertz CT molecular complexity index is 397. The van der Waals surface area contributed by atoms with Gasteiger partial charge in [-0.25, -0.2) is 0 Å². The van der Waals surface area contributed by atoms with Crippen molar-refractivity contribution >= 4 is 15.9 Å². The van der Waals surface area contributed by atoms with Gasteiger partial charge in [0.05, 0.1) is 7.11 Å². The lowest BCUT2D eigenvalue weighted by molar-refractivity contribution is 0.115. The number of likely N-dealkylation sites (tertiary alicyclic amines) is 1. The van der Waals surface area contributed by atoms with E-state index in [-0.39, 0.29) is 0 Å². The third-order valence-corrected chi connectivity index (χ3v) is 3.99. The average molecular weight is 314 g/mol. The monoisotopic (exact) mass is 313 g/mol. The van der Waals surface area contributed by atoms with Crippen molar-refractivity contribution in [3.63, 3.8) is 0 Å². The highest BCUT2D eigenvalue weighted by Gasteiger charge is 2.20. The summed E-state index contributed by atoms with van der Waals surface area (Å²) in [5, 5.41) is 9.26. The molecule has 0 saturated carbocycles. The molecule has 100 valence electrons. The van der Waals surface area contributed by atoms with Crippen LogP contribution in [0.25, 0.3) is 0 Å². The lowest BCUT2D eigenvalue weighted by atomic mass is 9.98. The number of benzene rings is 1. The van der Waals surface area contributed by atoms with Crippen molar-refractivity contribution in [1.82, 2.24) is 4.90 Å². The molecule has 1 fully saturated rings. The van der Waals surface area contributed by atoms with Crippen LogP contribution in [0.3, 0.4) is 0 Å². The zero-order valence-electron chi connectivity index (χ0n) is 10.7. The number of halogens is 1. The van der Waals surface area contributed by atoms with Crippen molar-refractivity contribution in [3.8, 4) is 5.75 Å². The summed E-state index contributed by atoms with van der Waals surface area (Å²) in [6, 6.07) is 6.10. The van der Waals surface area contributed by atoms with Gasteiger partial charge in [-0.1, -0.05) is 15.9 Å². The number of nitrogens with zero attached hydrogens (tertiary/aromatic N) is 1. The smallest absolute Gasteiger partial charge is 0.123 e. The summed E-state index contributed by atoms with van der Waals surface area (Å²) in [4.78, 5) is 2.40. The van der Waals surface area contributed by atoms with Crippen molar-refractivity contribution in [2.24, 2.45) is 5.92 Å². The van der Waals surface area contributed by atoms with E-state index in [2.05, 4.69) is 26.9 Å². The van der Waals surface area contributed by atoms with Crippen molar-refractivity contribution in [2.45, 2.75) is 19.4 Å². The predicted molar refractivity (Wildman–Crippen MR) is 75.8 cm³/mol. The van der Waals surface area contributed by atoms with Gasteiger partial charge in [-0.2, -0.15) is 0 Å². The van der Waals surface area contributed by atoms with E-state index in [4.69, 9.17) is 4.74 Å². The highest BCUT2D eigenvalue weighted by atomic mass is 79.9. The van der Waals surface area contributed by atoms with E-state index < -0.39 is 0 Å². The SMILES string of the molecule is COc1ccc(Br)cc1CN1CCCC(CO)C1. The summed E-state index contributed by atoms with van der Waals surface area (Å²) < 4.78 is 6.48. The van der Waals surface area contributed by atoms with Crippen LogP contribution >= 0.6 is 15.9 Å². The van der Waals surface area contributed by atoms with Crippen molar-refractivity contribution in [3.05, 3.63) is 28.2 Å². The molecule has 1 atom stereocenters. The molecule has 1 saturated heterocycles. The van der Waals surface area contributed by atoms with E-state index in [1.165, 1.54) is 12.0 Å². The van der Waals surface area contributed by atoms with Gasteiger partial charge in [0.15, 0.2) is 0 Å². The van der Waals surface area contributed by atoms with Crippen LogP contribution in [0.5, 0.6) is 5.75 Å². The Morgan fingerprint density at radius 2 is 2.33 bits per heavy atom. The van der Waals surface area contributed by atoms with Crippen LogP contribution in [-0.4, -0.2) is 36.8 Å². The predicted octanol–water partition coefficient (Wildman–Crippen LogP) is 2.66. The largest absolute Gasteiger partial charge is 0.496 e. The highest BCUT2D eigenvalue weighted by Crippen LogP contribution is 2.26. The number of piperidine rings is 1. The van der Waals surface area contributed by atoms with Gasteiger partial charge in [-0.3, -0.25) is 4.90 Å². The number of ether oxygens (including phenoxy) is 1. The summed E-state index contributed by atoms with van der Waals surface area (Å²) in [5.74, 6) is 1.36. The molecule has 18 heavy (non-hydrogen) atoms. The molecule has 0 radical (unpaired) electrons. The molecular formula is C14H20BrNO2. The first-order valence-electron chi connectivity index (χ1n) is 6.38. The van der Waals surface area contributed by atoms with Crippen LogP contribution in [-0.2, 0) is 6.54 Å². The van der Waals surface area contributed by atoms with Crippen LogP contribution in [0, 0.1) is 5.92 Å². The fourth-order valence-electron chi connectivity index (χ4n) is 2.56. The standard InChI is InChI=1S/C14H20BrNO2/c1-18-14-5-4-13(15)7-12(14)9-16-6-2-3-11(8-16)10-17/h4-5,7,11,17H,2-3,6,8-10H2,1H3. The second kappa shape index (κ2) is 6.55. The number of hydrogen-bond acceptors (Lipinski definition) is 3. The Hall–Kier alpha value is -0.580. The lowest BCUT2D eigenvalue weighted by Crippen LogP contribution is -2.36. The van der Waals surface area contributed by atoms with Gasteiger partial charge in [0.1, 0.15) is 5.75 Å². The summed E-state index contributed by atoms with van der Waals surface area (Å²) in [5.41, 5.74) is 1.20. The Morgan fingerprint density at radius 3 is 3.06 bits per heavy atom. The van der Waals surface area contributed by atoms with Crippen LogP contribution in [0.1, 0.15) is 18.4 Å².